The topological polar surface area (TPSA) is 88.5 Å². The number of hydrogen-bond donors (Lipinski definition) is 2. The Labute approximate surface area is 127 Å². The second kappa shape index (κ2) is 6.21. The summed E-state index contributed by atoms with van der Waals surface area (Å²) in [6, 6.07) is 9.74. The van der Waals surface area contributed by atoms with E-state index in [0.717, 1.165) is 23.6 Å². The molecule has 7 heteroatoms. The average molecular weight is 296 g/mol. The third-order valence-electron chi connectivity index (χ3n) is 3.18. The maximum absolute atomic E-state index is 12.1. The fourth-order valence-corrected chi connectivity index (χ4v) is 2.11. The van der Waals surface area contributed by atoms with Crippen LogP contribution in [0.1, 0.15) is 12.7 Å². The Balaban J connectivity index is 1.71. The van der Waals surface area contributed by atoms with Crippen LogP contribution in [-0.2, 0) is 17.8 Å². The van der Waals surface area contributed by atoms with Gasteiger partial charge in [0.25, 0.3) is 0 Å². The summed E-state index contributed by atoms with van der Waals surface area (Å²) >= 11 is 0. The molecule has 0 fully saturated rings. The molecule has 0 radical (unpaired) electrons. The number of aromatic nitrogens is 5. The number of amides is 1. The highest BCUT2D eigenvalue weighted by Gasteiger charge is 2.11. The second-order valence-corrected chi connectivity index (χ2v) is 4.75. The van der Waals surface area contributed by atoms with Crippen molar-refractivity contribution in [1.29, 1.82) is 0 Å². The molecule has 1 aromatic carbocycles. The minimum absolute atomic E-state index is 0.153. The highest BCUT2D eigenvalue weighted by molar-refractivity contribution is 5.89. The van der Waals surface area contributed by atoms with Crippen molar-refractivity contribution in [3.63, 3.8) is 0 Å². The number of rotatable bonds is 5. The van der Waals surface area contributed by atoms with Gasteiger partial charge in [0.05, 0.1) is 0 Å². The van der Waals surface area contributed by atoms with Gasteiger partial charge in [-0.3, -0.25) is 15.2 Å². The number of aromatic amines is 1. The summed E-state index contributed by atoms with van der Waals surface area (Å²) in [4.78, 5) is 20.6. The number of nitrogens with one attached hydrogen (secondary N) is 2. The molecule has 1 amide bonds. The fraction of sp³-hybridized carbons (Fsp3) is 0.200. The number of aryl methyl sites for hydroxylation is 1. The van der Waals surface area contributed by atoms with Gasteiger partial charge in [0, 0.05) is 24.4 Å². The molecule has 0 saturated carbocycles. The molecule has 22 heavy (non-hydrogen) atoms. The molecule has 0 saturated heterocycles. The lowest BCUT2D eigenvalue weighted by Gasteiger charge is -2.07. The summed E-state index contributed by atoms with van der Waals surface area (Å²) in [6.07, 6.45) is 4.19. The number of H-pyrrole nitrogens is 1. The van der Waals surface area contributed by atoms with Crippen molar-refractivity contribution in [2.75, 3.05) is 5.32 Å². The summed E-state index contributed by atoms with van der Waals surface area (Å²) in [5.41, 5.74) is 0.964. The van der Waals surface area contributed by atoms with E-state index in [0.29, 0.717) is 5.95 Å². The van der Waals surface area contributed by atoms with Gasteiger partial charge in [-0.25, -0.2) is 4.98 Å². The quantitative estimate of drug-likeness (QED) is 0.752. The molecule has 3 aromatic rings. The molecule has 2 heterocycles. The van der Waals surface area contributed by atoms with Crippen LogP contribution in [0.3, 0.4) is 0 Å². The van der Waals surface area contributed by atoms with Gasteiger partial charge in [0.15, 0.2) is 0 Å². The number of carbonyl (C=O) groups excluding carboxylic acids is 1. The van der Waals surface area contributed by atoms with Crippen molar-refractivity contribution >= 4 is 11.9 Å². The van der Waals surface area contributed by atoms with Crippen molar-refractivity contribution in [2.24, 2.45) is 0 Å². The summed E-state index contributed by atoms with van der Waals surface area (Å²) in [5, 5.41) is 9.38. The van der Waals surface area contributed by atoms with Gasteiger partial charge >= 0.3 is 0 Å². The average Bonchev–Trinajstić information content (AvgIpc) is 3.17. The second-order valence-electron chi connectivity index (χ2n) is 4.75. The Morgan fingerprint density at radius 1 is 1.32 bits per heavy atom. The Hall–Kier alpha value is -2.96. The highest BCUT2D eigenvalue weighted by atomic mass is 16.2. The Morgan fingerprint density at radius 3 is 2.86 bits per heavy atom. The molecule has 0 aliphatic heterocycles. The normalized spacial score (nSPS) is 10.6. The zero-order valence-electron chi connectivity index (χ0n) is 12.2. The fourth-order valence-electron chi connectivity index (χ4n) is 2.11. The van der Waals surface area contributed by atoms with Gasteiger partial charge in [0.1, 0.15) is 18.2 Å². The van der Waals surface area contributed by atoms with E-state index in [-0.39, 0.29) is 12.5 Å². The van der Waals surface area contributed by atoms with E-state index in [4.69, 9.17) is 0 Å². The van der Waals surface area contributed by atoms with E-state index in [1.807, 2.05) is 37.3 Å². The monoisotopic (exact) mass is 296 g/mol. The van der Waals surface area contributed by atoms with Gasteiger partial charge < -0.3 is 4.57 Å². The third-order valence-corrected chi connectivity index (χ3v) is 3.18. The van der Waals surface area contributed by atoms with Crippen molar-refractivity contribution in [1.82, 2.24) is 24.7 Å². The minimum Gasteiger partial charge on any atom is -0.322 e. The summed E-state index contributed by atoms with van der Waals surface area (Å²) in [6.45, 7) is 2.12. The number of carbonyl (C=O) groups is 1. The van der Waals surface area contributed by atoms with Crippen LogP contribution in [0.15, 0.2) is 42.7 Å². The van der Waals surface area contributed by atoms with E-state index in [1.54, 1.807) is 17.0 Å². The summed E-state index contributed by atoms with van der Waals surface area (Å²) < 4.78 is 1.79. The molecule has 0 unspecified atom stereocenters. The highest BCUT2D eigenvalue weighted by Crippen LogP contribution is 2.16. The zero-order valence-corrected chi connectivity index (χ0v) is 12.2. The van der Waals surface area contributed by atoms with E-state index in [9.17, 15) is 4.79 Å². The first kappa shape index (κ1) is 14.0. The maximum atomic E-state index is 12.1. The molecule has 0 aliphatic rings. The molecule has 0 spiro atoms. The van der Waals surface area contributed by atoms with Crippen molar-refractivity contribution in [3.05, 3.63) is 48.5 Å². The van der Waals surface area contributed by atoms with Crippen LogP contribution in [0.4, 0.5) is 5.95 Å². The van der Waals surface area contributed by atoms with Gasteiger partial charge in [-0.2, -0.15) is 4.98 Å². The molecular formula is C15H16N6O. The molecule has 3 rings (SSSR count). The van der Waals surface area contributed by atoms with Gasteiger partial charge in [-0.05, 0) is 0 Å². The molecule has 0 bridgehead atoms. The number of hydrogen-bond acceptors (Lipinski definition) is 4. The van der Waals surface area contributed by atoms with Crippen LogP contribution < -0.4 is 5.32 Å². The number of anilines is 1. The predicted molar refractivity (Wildman–Crippen MR) is 82.1 cm³/mol. The Morgan fingerprint density at radius 2 is 2.14 bits per heavy atom. The van der Waals surface area contributed by atoms with Gasteiger partial charge in [-0.15, -0.1) is 5.10 Å². The molecule has 0 atom stereocenters. The maximum Gasteiger partial charge on any atom is 0.248 e. The van der Waals surface area contributed by atoms with Crippen molar-refractivity contribution < 1.29 is 4.79 Å². The number of benzene rings is 1. The lowest BCUT2D eigenvalue weighted by molar-refractivity contribution is -0.116. The van der Waals surface area contributed by atoms with Crippen molar-refractivity contribution in [3.8, 4) is 11.4 Å². The molecule has 7 nitrogen and oxygen atoms in total. The molecule has 0 aliphatic carbocycles. The smallest absolute Gasteiger partial charge is 0.248 e. The lowest BCUT2D eigenvalue weighted by Crippen LogP contribution is -2.19. The standard InChI is InChI=1S/C15H16N6O/c1-2-12-17-15(20-19-12)18-13(22)10-21-9-8-16-14(21)11-6-4-3-5-7-11/h3-9H,2,10H2,1H3,(H2,17,18,19,20,22). The van der Waals surface area contributed by atoms with Gasteiger partial charge in [0.2, 0.25) is 11.9 Å². The van der Waals surface area contributed by atoms with E-state index >= 15 is 0 Å². The minimum atomic E-state index is -0.197. The first-order chi connectivity index (χ1) is 10.8. The lowest BCUT2D eigenvalue weighted by atomic mass is 10.2. The molecule has 112 valence electrons. The van der Waals surface area contributed by atoms with Crippen molar-refractivity contribution in [2.45, 2.75) is 19.9 Å². The molecule has 2 N–H and O–H groups in total. The molecule has 2 aromatic heterocycles. The van der Waals surface area contributed by atoms with Crippen LogP contribution in [-0.4, -0.2) is 30.6 Å². The predicted octanol–water partition coefficient (Wildman–Crippen LogP) is 1.87. The zero-order chi connectivity index (χ0) is 15.4. The first-order valence-electron chi connectivity index (χ1n) is 7.04. The van der Waals surface area contributed by atoms with Crippen LogP contribution >= 0.6 is 0 Å². The number of nitrogens with zero attached hydrogens (tertiary/aromatic N) is 4. The molecular weight excluding hydrogens is 280 g/mol. The van der Waals surface area contributed by atoms with Crippen LogP contribution in [0.2, 0.25) is 0 Å². The third kappa shape index (κ3) is 3.03. The Kier molecular flexibility index (Phi) is 3.95. The summed E-state index contributed by atoms with van der Waals surface area (Å²) in [5.74, 6) is 1.59. The summed E-state index contributed by atoms with van der Waals surface area (Å²) in [7, 11) is 0. The van der Waals surface area contributed by atoms with Gasteiger partial charge in [-0.1, -0.05) is 37.3 Å². The van der Waals surface area contributed by atoms with Crippen LogP contribution in [0.5, 0.6) is 0 Å². The first-order valence-corrected chi connectivity index (χ1v) is 7.04. The largest absolute Gasteiger partial charge is 0.322 e. The Bertz CT molecular complexity index is 761. The number of imidazole rings is 1. The SMILES string of the molecule is CCc1nc(NC(=O)Cn2ccnc2-c2ccccc2)n[nH]1. The van der Waals surface area contributed by atoms with E-state index in [1.165, 1.54) is 0 Å². The van der Waals surface area contributed by atoms with Crippen LogP contribution in [0.25, 0.3) is 11.4 Å². The van der Waals surface area contributed by atoms with E-state index in [2.05, 4.69) is 25.5 Å². The van der Waals surface area contributed by atoms with Crippen LogP contribution in [0, 0.1) is 0 Å². The van der Waals surface area contributed by atoms with E-state index < -0.39 is 0 Å².